The van der Waals surface area contributed by atoms with E-state index in [2.05, 4.69) is 17.1 Å². The van der Waals surface area contributed by atoms with Gasteiger partial charge in [0.1, 0.15) is 0 Å². The zero-order valence-electron chi connectivity index (χ0n) is 17.6. The minimum Gasteiger partial charge on any atom is -0.375 e. The number of hydrogen-bond donors (Lipinski definition) is 1. The second-order valence-electron chi connectivity index (χ2n) is 7.80. The van der Waals surface area contributed by atoms with Crippen molar-refractivity contribution in [1.82, 2.24) is 4.90 Å². The Labute approximate surface area is 173 Å². The summed E-state index contributed by atoms with van der Waals surface area (Å²) in [6.07, 6.45) is 5.84. The predicted molar refractivity (Wildman–Crippen MR) is 119 cm³/mol. The van der Waals surface area contributed by atoms with Crippen LogP contribution in [-0.4, -0.2) is 43.4 Å². The molecule has 0 bridgehead atoms. The van der Waals surface area contributed by atoms with E-state index in [1.807, 2.05) is 43.3 Å². The van der Waals surface area contributed by atoms with Crippen LogP contribution in [0.25, 0.3) is 0 Å². The summed E-state index contributed by atoms with van der Waals surface area (Å²) in [5.41, 5.74) is 3.02. The average molecular weight is 394 g/mol. The van der Waals surface area contributed by atoms with Crippen LogP contribution >= 0.6 is 0 Å². The van der Waals surface area contributed by atoms with Crippen molar-refractivity contribution in [2.24, 2.45) is 0 Å². The first-order valence-electron chi connectivity index (χ1n) is 10.5. The Kier molecular flexibility index (Phi) is 6.91. The molecule has 154 valence electrons. The lowest BCUT2D eigenvalue weighted by atomic mass is 9.94. The molecule has 5 heteroatoms. The zero-order chi connectivity index (χ0) is 20.8. The SMILES string of the molecule is CCN(C)c1ccc(C(=O)Nc2ccc(C(=O)N(C)C3CCCCC3)cc2)cc1. The molecule has 1 aliphatic rings. The van der Waals surface area contributed by atoms with Gasteiger partial charge in [0.25, 0.3) is 11.8 Å². The first kappa shape index (κ1) is 20.9. The number of amides is 2. The topological polar surface area (TPSA) is 52.7 Å². The Morgan fingerprint density at radius 1 is 0.897 bits per heavy atom. The Morgan fingerprint density at radius 3 is 2.07 bits per heavy atom. The molecule has 0 heterocycles. The van der Waals surface area contributed by atoms with Gasteiger partial charge in [-0.1, -0.05) is 19.3 Å². The summed E-state index contributed by atoms with van der Waals surface area (Å²) in [6.45, 7) is 2.99. The molecule has 1 saturated carbocycles. The van der Waals surface area contributed by atoms with Gasteiger partial charge in [-0.25, -0.2) is 0 Å². The van der Waals surface area contributed by atoms with Crippen LogP contribution in [0.1, 0.15) is 59.7 Å². The number of anilines is 2. The monoisotopic (exact) mass is 393 g/mol. The highest BCUT2D eigenvalue weighted by Crippen LogP contribution is 2.23. The van der Waals surface area contributed by atoms with Crippen molar-refractivity contribution in [3.63, 3.8) is 0 Å². The molecule has 3 rings (SSSR count). The van der Waals surface area contributed by atoms with Crippen LogP contribution in [0.15, 0.2) is 48.5 Å². The number of carbonyl (C=O) groups excluding carboxylic acids is 2. The van der Waals surface area contributed by atoms with Gasteiger partial charge in [-0.05, 0) is 68.3 Å². The molecule has 29 heavy (non-hydrogen) atoms. The maximum Gasteiger partial charge on any atom is 0.255 e. The number of nitrogens with zero attached hydrogens (tertiary/aromatic N) is 2. The molecule has 2 aromatic carbocycles. The summed E-state index contributed by atoms with van der Waals surface area (Å²) in [7, 11) is 3.91. The van der Waals surface area contributed by atoms with Crippen LogP contribution < -0.4 is 10.2 Å². The quantitative estimate of drug-likeness (QED) is 0.767. The summed E-state index contributed by atoms with van der Waals surface area (Å²) < 4.78 is 0. The van der Waals surface area contributed by atoms with E-state index >= 15 is 0 Å². The van der Waals surface area contributed by atoms with Crippen LogP contribution in [0, 0.1) is 0 Å². The minimum absolute atomic E-state index is 0.0467. The first-order chi connectivity index (χ1) is 14.0. The molecule has 0 spiro atoms. The molecular weight excluding hydrogens is 362 g/mol. The van der Waals surface area contributed by atoms with Gasteiger partial charge in [0, 0.05) is 49.2 Å². The largest absolute Gasteiger partial charge is 0.375 e. The highest BCUT2D eigenvalue weighted by atomic mass is 16.2. The average Bonchev–Trinajstić information content (AvgIpc) is 2.78. The fourth-order valence-corrected chi connectivity index (χ4v) is 3.79. The standard InChI is InChI=1S/C24H31N3O2/c1-4-26(2)21-16-12-18(13-17-21)23(28)25-20-14-10-19(11-15-20)24(29)27(3)22-8-6-5-7-9-22/h10-17,22H,4-9H2,1-3H3,(H,25,28). The van der Waals surface area contributed by atoms with Gasteiger partial charge < -0.3 is 15.1 Å². The van der Waals surface area contributed by atoms with Gasteiger partial charge in [-0.2, -0.15) is 0 Å². The summed E-state index contributed by atoms with van der Waals surface area (Å²) in [6, 6.07) is 15.0. The highest BCUT2D eigenvalue weighted by Gasteiger charge is 2.22. The van der Waals surface area contributed by atoms with Crippen molar-refractivity contribution in [3.05, 3.63) is 59.7 Å². The van der Waals surface area contributed by atoms with Crippen LogP contribution in [0.4, 0.5) is 11.4 Å². The second-order valence-corrected chi connectivity index (χ2v) is 7.80. The molecule has 1 aliphatic carbocycles. The van der Waals surface area contributed by atoms with E-state index in [4.69, 9.17) is 0 Å². The molecule has 0 radical (unpaired) electrons. The van der Waals surface area contributed by atoms with E-state index < -0.39 is 0 Å². The Morgan fingerprint density at radius 2 is 1.48 bits per heavy atom. The zero-order valence-corrected chi connectivity index (χ0v) is 17.6. The van der Waals surface area contributed by atoms with Crippen molar-refractivity contribution < 1.29 is 9.59 Å². The lowest BCUT2D eigenvalue weighted by molar-refractivity contribution is 0.0696. The number of rotatable bonds is 6. The molecule has 5 nitrogen and oxygen atoms in total. The van der Waals surface area contributed by atoms with Gasteiger partial charge in [0.05, 0.1) is 0 Å². The van der Waals surface area contributed by atoms with Gasteiger partial charge in [-0.15, -0.1) is 0 Å². The molecule has 0 atom stereocenters. The maximum atomic E-state index is 12.7. The Bertz CT molecular complexity index is 824. The van der Waals surface area contributed by atoms with Crippen LogP contribution in [0.3, 0.4) is 0 Å². The number of benzene rings is 2. The molecule has 0 saturated heterocycles. The smallest absolute Gasteiger partial charge is 0.255 e. The van der Waals surface area contributed by atoms with E-state index in [9.17, 15) is 9.59 Å². The molecule has 1 N–H and O–H groups in total. The fourth-order valence-electron chi connectivity index (χ4n) is 3.79. The van der Waals surface area contributed by atoms with Crippen molar-refractivity contribution in [2.75, 3.05) is 30.9 Å². The number of carbonyl (C=O) groups is 2. The van der Waals surface area contributed by atoms with Gasteiger partial charge in [0.15, 0.2) is 0 Å². The summed E-state index contributed by atoms with van der Waals surface area (Å²) in [5.74, 6) is -0.112. The Hall–Kier alpha value is -2.82. The molecule has 1 fully saturated rings. The first-order valence-corrected chi connectivity index (χ1v) is 10.5. The van der Waals surface area contributed by atoms with Crippen LogP contribution in [0.2, 0.25) is 0 Å². The lowest BCUT2D eigenvalue weighted by Gasteiger charge is -2.31. The second kappa shape index (κ2) is 9.59. The maximum absolute atomic E-state index is 12.7. The molecular formula is C24H31N3O2. The van der Waals surface area contributed by atoms with Gasteiger partial charge in [0.2, 0.25) is 0 Å². The number of nitrogens with one attached hydrogen (secondary N) is 1. The van der Waals surface area contributed by atoms with Gasteiger partial charge in [-0.3, -0.25) is 9.59 Å². The van der Waals surface area contributed by atoms with E-state index in [0.29, 0.717) is 22.9 Å². The minimum atomic E-state index is -0.158. The molecule has 2 amide bonds. The van der Waals surface area contributed by atoms with Crippen molar-refractivity contribution in [1.29, 1.82) is 0 Å². The highest BCUT2D eigenvalue weighted by molar-refractivity contribution is 6.04. The third kappa shape index (κ3) is 5.17. The van der Waals surface area contributed by atoms with Crippen molar-refractivity contribution >= 4 is 23.2 Å². The predicted octanol–water partition coefficient (Wildman–Crippen LogP) is 4.80. The van der Waals surface area contributed by atoms with Crippen molar-refractivity contribution in [2.45, 2.75) is 45.1 Å². The summed E-state index contributed by atoms with van der Waals surface area (Å²) in [4.78, 5) is 29.2. The summed E-state index contributed by atoms with van der Waals surface area (Å²) in [5, 5.41) is 2.90. The van der Waals surface area contributed by atoms with E-state index in [1.54, 1.807) is 24.3 Å². The van der Waals surface area contributed by atoms with Crippen LogP contribution in [0.5, 0.6) is 0 Å². The van der Waals surface area contributed by atoms with E-state index in [0.717, 1.165) is 25.1 Å². The summed E-state index contributed by atoms with van der Waals surface area (Å²) >= 11 is 0. The lowest BCUT2D eigenvalue weighted by Crippen LogP contribution is -2.38. The van der Waals surface area contributed by atoms with Crippen molar-refractivity contribution in [3.8, 4) is 0 Å². The Balaban J connectivity index is 1.61. The van der Waals surface area contributed by atoms with E-state index in [-0.39, 0.29) is 11.8 Å². The molecule has 0 aromatic heterocycles. The van der Waals surface area contributed by atoms with E-state index in [1.165, 1.54) is 19.3 Å². The van der Waals surface area contributed by atoms with Gasteiger partial charge >= 0.3 is 0 Å². The van der Waals surface area contributed by atoms with Crippen LogP contribution in [-0.2, 0) is 0 Å². The normalized spacial score (nSPS) is 14.3. The third-order valence-corrected chi connectivity index (χ3v) is 5.88. The molecule has 2 aromatic rings. The molecule has 0 aliphatic heterocycles. The third-order valence-electron chi connectivity index (χ3n) is 5.88. The molecule has 0 unspecified atom stereocenters. The number of hydrogen-bond acceptors (Lipinski definition) is 3. The fraction of sp³-hybridized carbons (Fsp3) is 0.417.